The van der Waals surface area contributed by atoms with E-state index in [1.807, 2.05) is 25.1 Å². The molecule has 0 N–H and O–H groups in total. The van der Waals surface area contributed by atoms with E-state index in [4.69, 9.17) is 9.47 Å². The second-order valence-corrected chi connectivity index (χ2v) is 2.93. The van der Waals surface area contributed by atoms with Crippen LogP contribution >= 0.6 is 0 Å². The van der Waals surface area contributed by atoms with Gasteiger partial charge in [-0.2, -0.15) is 0 Å². The first kappa shape index (κ1) is 10.6. The van der Waals surface area contributed by atoms with Crippen LogP contribution < -0.4 is 9.47 Å². The Kier molecular flexibility index (Phi) is 3.57. The number of benzene rings is 1. The van der Waals surface area contributed by atoms with Gasteiger partial charge in [-0.1, -0.05) is 25.1 Å². The molecule has 1 rings (SSSR count). The summed E-state index contributed by atoms with van der Waals surface area (Å²) in [5, 5.41) is 0. The summed E-state index contributed by atoms with van der Waals surface area (Å²) in [7, 11) is 3.27. The van der Waals surface area contributed by atoms with Crippen molar-refractivity contribution in [2.24, 2.45) is 0 Å². The van der Waals surface area contributed by atoms with Gasteiger partial charge >= 0.3 is 0 Å². The lowest BCUT2D eigenvalue weighted by Gasteiger charge is -2.14. The van der Waals surface area contributed by atoms with Crippen molar-refractivity contribution in [3.63, 3.8) is 0 Å². The Morgan fingerprint density at radius 3 is 2.50 bits per heavy atom. The Bertz CT molecular complexity index is 318. The van der Waals surface area contributed by atoms with Gasteiger partial charge in [0, 0.05) is 11.5 Å². The van der Waals surface area contributed by atoms with E-state index in [9.17, 15) is 0 Å². The molecule has 0 saturated heterocycles. The highest BCUT2D eigenvalue weighted by molar-refractivity contribution is 5.54. The first-order valence-corrected chi connectivity index (χ1v) is 4.42. The van der Waals surface area contributed by atoms with Crippen molar-refractivity contribution >= 4 is 0 Å². The van der Waals surface area contributed by atoms with Gasteiger partial charge in [0.1, 0.15) is 0 Å². The molecular formula is C12H15O2. The topological polar surface area (TPSA) is 18.5 Å². The summed E-state index contributed by atoms with van der Waals surface area (Å²) >= 11 is 0. The molecule has 14 heavy (non-hydrogen) atoms. The number of ether oxygens (including phenoxy) is 2. The number of rotatable bonds is 4. The van der Waals surface area contributed by atoms with Crippen molar-refractivity contribution in [3.05, 3.63) is 42.3 Å². The van der Waals surface area contributed by atoms with E-state index in [1.54, 1.807) is 20.3 Å². The number of allylic oxidation sites excluding steroid dienone is 1. The molecule has 75 valence electrons. The number of hydrogen-bond donors (Lipinski definition) is 0. The molecule has 1 aromatic carbocycles. The minimum atomic E-state index is 0.742. The molecule has 1 aromatic rings. The molecule has 0 spiro atoms. The van der Waals surface area contributed by atoms with Crippen LogP contribution in [-0.2, 0) is 0 Å². The Balaban J connectivity index is 3.21. The molecule has 0 aromatic heterocycles. The summed E-state index contributed by atoms with van der Waals surface area (Å²) in [6.07, 6.45) is 1.80. The highest BCUT2D eigenvalue weighted by Crippen LogP contribution is 2.34. The maximum Gasteiger partial charge on any atom is 0.164 e. The van der Waals surface area contributed by atoms with E-state index in [1.165, 1.54) is 0 Å². The summed E-state index contributed by atoms with van der Waals surface area (Å²) in [6, 6.07) is 5.79. The van der Waals surface area contributed by atoms with Crippen molar-refractivity contribution in [1.82, 2.24) is 0 Å². The molecule has 0 fully saturated rings. The van der Waals surface area contributed by atoms with Crippen LogP contribution in [0.4, 0.5) is 0 Å². The monoisotopic (exact) mass is 191 g/mol. The predicted octanol–water partition coefficient (Wildman–Crippen LogP) is 2.83. The molecule has 0 saturated carbocycles. The summed E-state index contributed by atoms with van der Waals surface area (Å²) in [4.78, 5) is 0. The fraction of sp³-hybridized carbons (Fsp3) is 0.250. The second kappa shape index (κ2) is 4.70. The van der Waals surface area contributed by atoms with E-state index in [0.717, 1.165) is 23.0 Å². The van der Waals surface area contributed by atoms with Gasteiger partial charge < -0.3 is 9.47 Å². The molecule has 0 amide bonds. The quantitative estimate of drug-likeness (QED) is 0.728. The van der Waals surface area contributed by atoms with Crippen molar-refractivity contribution in [2.45, 2.75) is 6.92 Å². The van der Waals surface area contributed by atoms with Crippen LogP contribution in [0, 0.1) is 5.92 Å². The van der Waals surface area contributed by atoms with Crippen molar-refractivity contribution in [2.75, 3.05) is 14.2 Å². The zero-order valence-electron chi connectivity index (χ0n) is 8.83. The molecule has 2 heteroatoms. The molecule has 0 atom stereocenters. The largest absolute Gasteiger partial charge is 0.493 e. The minimum absolute atomic E-state index is 0.742. The average molecular weight is 191 g/mol. The fourth-order valence-corrected chi connectivity index (χ4v) is 1.31. The predicted molar refractivity (Wildman–Crippen MR) is 57.8 cm³/mol. The third-order valence-corrected chi connectivity index (χ3v) is 2.13. The smallest absolute Gasteiger partial charge is 0.164 e. The Morgan fingerprint density at radius 2 is 2.00 bits per heavy atom. The minimum Gasteiger partial charge on any atom is -0.493 e. The number of hydrogen-bond acceptors (Lipinski definition) is 2. The zero-order chi connectivity index (χ0) is 10.6. The summed E-state index contributed by atoms with van der Waals surface area (Å²) in [5.74, 6) is 2.57. The first-order valence-electron chi connectivity index (χ1n) is 4.42. The first-order chi connectivity index (χ1) is 6.74. The summed E-state index contributed by atoms with van der Waals surface area (Å²) in [6.45, 7) is 5.72. The highest BCUT2D eigenvalue weighted by Gasteiger charge is 2.12. The van der Waals surface area contributed by atoms with Crippen LogP contribution in [0.5, 0.6) is 11.5 Å². The maximum absolute atomic E-state index is 5.30. The molecule has 0 aliphatic heterocycles. The fourth-order valence-electron chi connectivity index (χ4n) is 1.31. The van der Waals surface area contributed by atoms with E-state index in [2.05, 4.69) is 6.58 Å². The van der Waals surface area contributed by atoms with Crippen molar-refractivity contribution in [3.8, 4) is 11.5 Å². The molecule has 0 heterocycles. The van der Waals surface area contributed by atoms with Crippen LogP contribution in [0.1, 0.15) is 12.5 Å². The van der Waals surface area contributed by atoms with E-state index >= 15 is 0 Å². The van der Waals surface area contributed by atoms with Crippen LogP contribution in [0.25, 0.3) is 0 Å². The van der Waals surface area contributed by atoms with Gasteiger partial charge in [0.2, 0.25) is 0 Å². The maximum atomic E-state index is 5.30. The molecule has 0 bridgehead atoms. The van der Waals surface area contributed by atoms with Crippen molar-refractivity contribution in [1.29, 1.82) is 0 Å². The lowest BCUT2D eigenvalue weighted by atomic mass is 10.00. The Morgan fingerprint density at radius 1 is 1.29 bits per heavy atom. The third-order valence-electron chi connectivity index (χ3n) is 2.13. The standard InChI is InChI=1S/C12H15O2/c1-5-9(2)10-7-6-8-11(13-3)12(10)14-4/h5-8H,1H2,2-4H3. The molecule has 1 radical (unpaired) electrons. The Labute approximate surface area is 85.2 Å². The van der Waals surface area contributed by atoms with Gasteiger partial charge in [0.15, 0.2) is 11.5 Å². The highest BCUT2D eigenvalue weighted by atomic mass is 16.5. The second-order valence-electron chi connectivity index (χ2n) is 2.93. The van der Waals surface area contributed by atoms with Crippen molar-refractivity contribution < 1.29 is 9.47 Å². The molecule has 2 nitrogen and oxygen atoms in total. The molecular weight excluding hydrogens is 176 g/mol. The summed E-state index contributed by atoms with van der Waals surface area (Å²) < 4.78 is 10.5. The van der Waals surface area contributed by atoms with Crippen LogP contribution in [0.3, 0.4) is 0 Å². The van der Waals surface area contributed by atoms with E-state index < -0.39 is 0 Å². The molecule has 0 aliphatic rings. The van der Waals surface area contributed by atoms with Crippen LogP contribution in [0.2, 0.25) is 0 Å². The SMILES string of the molecule is C=C[C](C)c1cccc(OC)c1OC. The Hall–Kier alpha value is -1.44. The lowest BCUT2D eigenvalue weighted by molar-refractivity contribution is 0.353. The zero-order valence-corrected chi connectivity index (χ0v) is 8.83. The number of methoxy groups -OCH3 is 2. The van der Waals surface area contributed by atoms with Gasteiger partial charge in [-0.15, -0.1) is 6.58 Å². The van der Waals surface area contributed by atoms with E-state index in [0.29, 0.717) is 0 Å². The van der Waals surface area contributed by atoms with Crippen LogP contribution in [-0.4, -0.2) is 14.2 Å². The van der Waals surface area contributed by atoms with Gasteiger partial charge in [-0.25, -0.2) is 0 Å². The average Bonchev–Trinajstić information content (AvgIpc) is 2.26. The van der Waals surface area contributed by atoms with Gasteiger partial charge in [0.05, 0.1) is 14.2 Å². The lowest BCUT2D eigenvalue weighted by Crippen LogP contribution is -1.98. The number of para-hydroxylation sites is 1. The summed E-state index contributed by atoms with van der Waals surface area (Å²) in [5.41, 5.74) is 1.02. The van der Waals surface area contributed by atoms with Crippen LogP contribution in [0.15, 0.2) is 30.9 Å². The normalized spacial score (nSPS) is 10.0. The van der Waals surface area contributed by atoms with Gasteiger partial charge in [-0.05, 0) is 6.07 Å². The molecule has 0 aliphatic carbocycles. The third kappa shape index (κ3) is 1.90. The van der Waals surface area contributed by atoms with E-state index in [-0.39, 0.29) is 0 Å². The van der Waals surface area contributed by atoms with Gasteiger partial charge in [-0.3, -0.25) is 0 Å². The van der Waals surface area contributed by atoms with Gasteiger partial charge in [0.25, 0.3) is 0 Å². The molecule has 0 unspecified atom stereocenters.